The van der Waals surface area contributed by atoms with Gasteiger partial charge in [0.15, 0.2) is 0 Å². The smallest absolute Gasteiger partial charge is 0.408 e. The third-order valence-electron chi connectivity index (χ3n) is 2.31. The Labute approximate surface area is 103 Å². The summed E-state index contributed by atoms with van der Waals surface area (Å²) in [6.45, 7) is 9.04. The molecule has 100 valence electrons. The van der Waals surface area contributed by atoms with E-state index in [0.717, 1.165) is 6.42 Å². The quantitative estimate of drug-likeness (QED) is 0.784. The number of nitrogens with one attached hydrogen (secondary N) is 1. The SMILES string of the molecule is CCC(C)C[C@H](NC(=O)OC(C)(C)C)C(=O)[O-]. The van der Waals surface area contributed by atoms with E-state index in [1.165, 1.54) is 0 Å². The van der Waals surface area contributed by atoms with E-state index >= 15 is 0 Å². The average Bonchev–Trinajstić information content (AvgIpc) is 2.13. The first-order valence-corrected chi connectivity index (χ1v) is 5.86. The first-order valence-electron chi connectivity index (χ1n) is 5.86. The van der Waals surface area contributed by atoms with Gasteiger partial charge >= 0.3 is 6.09 Å². The first kappa shape index (κ1) is 15.7. The molecule has 2 atom stereocenters. The third kappa shape index (κ3) is 7.60. The summed E-state index contributed by atoms with van der Waals surface area (Å²) >= 11 is 0. The molecule has 0 aliphatic heterocycles. The van der Waals surface area contributed by atoms with Crippen molar-refractivity contribution in [1.82, 2.24) is 5.32 Å². The number of carboxylic acid groups (broad SMARTS) is 1. The van der Waals surface area contributed by atoms with Gasteiger partial charge in [-0.15, -0.1) is 0 Å². The van der Waals surface area contributed by atoms with Crippen molar-refractivity contribution < 1.29 is 19.4 Å². The molecule has 0 spiro atoms. The lowest BCUT2D eigenvalue weighted by atomic mass is 9.99. The van der Waals surface area contributed by atoms with Crippen LogP contribution >= 0.6 is 0 Å². The fraction of sp³-hybridized carbons (Fsp3) is 0.833. The highest BCUT2D eigenvalue weighted by atomic mass is 16.6. The zero-order chi connectivity index (χ0) is 13.6. The lowest BCUT2D eigenvalue weighted by Crippen LogP contribution is -2.49. The molecule has 0 aromatic rings. The summed E-state index contributed by atoms with van der Waals surface area (Å²) in [5.41, 5.74) is -0.642. The number of aliphatic carboxylic acids is 1. The molecule has 0 aliphatic carbocycles. The van der Waals surface area contributed by atoms with Gasteiger partial charge in [-0.3, -0.25) is 0 Å². The third-order valence-corrected chi connectivity index (χ3v) is 2.31. The second-order valence-corrected chi connectivity index (χ2v) is 5.27. The minimum Gasteiger partial charge on any atom is -0.548 e. The van der Waals surface area contributed by atoms with E-state index in [2.05, 4.69) is 5.32 Å². The van der Waals surface area contributed by atoms with Crippen LogP contribution in [0.5, 0.6) is 0 Å². The van der Waals surface area contributed by atoms with Crippen molar-refractivity contribution in [1.29, 1.82) is 0 Å². The van der Waals surface area contributed by atoms with Gasteiger partial charge in [-0.1, -0.05) is 20.3 Å². The van der Waals surface area contributed by atoms with Gasteiger partial charge in [-0.2, -0.15) is 0 Å². The number of carboxylic acids is 1. The van der Waals surface area contributed by atoms with Crippen molar-refractivity contribution in [3.63, 3.8) is 0 Å². The summed E-state index contributed by atoms with van der Waals surface area (Å²) < 4.78 is 4.99. The van der Waals surface area contributed by atoms with Gasteiger partial charge in [0.25, 0.3) is 0 Å². The van der Waals surface area contributed by atoms with Crippen LogP contribution in [-0.4, -0.2) is 23.7 Å². The van der Waals surface area contributed by atoms with Crippen molar-refractivity contribution in [2.24, 2.45) is 5.92 Å². The monoisotopic (exact) mass is 244 g/mol. The number of hydrogen-bond acceptors (Lipinski definition) is 4. The predicted molar refractivity (Wildman–Crippen MR) is 62.2 cm³/mol. The van der Waals surface area contributed by atoms with Crippen LogP contribution in [0, 0.1) is 5.92 Å². The fourth-order valence-corrected chi connectivity index (χ4v) is 1.23. The molecule has 1 amide bonds. The summed E-state index contributed by atoms with van der Waals surface area (Å²) in [6, 6.07) is -1.00. The summed E-state index contributed by atoms with van der Waals surface area (Å²) in [5, 5.41) is 13.2. The molecule has 0 saturated carbocycles. The largest absolute Gasteiger partial charge is 0.548 e. The van der Waals surface area contributed by atoms with Crippen LogP contribution in [0.4, 0.5) is 4.79 Å². The van der Waals surface area contributed by atoms with E-state index in [1.54, 1.807) is 20.8 Å². The van der Waals surface area contributed by atoms with Gasteiger partial charge in [-0.25, -0.2) is 4.79 Å². The van der Waals surface area contributed by atoms with Crippen molar-refractivity contribution in [2.45, 2.75) is 59.1 Å². The number of rotatable bonds is 5. The van der Waals surface area contributed by atoms with Crippen LogP contribution in [0.2, 0.25) is 0 Å². The minimum absolute atomic E-state index is 0.202. The molecule has 0 fully saturated rings. The Hall–Kier alpha value is -1.26. The van der Waals surface area contributed by atoms with E-state index in [4.69, 9.17) is 4.74 Å². The highest BCUT2D eigenvalue weighted by Crippen LogP contribution is 2.11. The normalized spacial score (nSPS) is 14.9. The zero-order valence-electron chi connectivity index (χ0n) is 11.2. The number of carbonyl (C=O) groups excluding carboxylic acids is 2. The van der Waals surface area contributed by atoms with Crippen molar-refractivity contribution in [3.8, 4) is 0 Å². The molecule has 0 aromatic heterocycles. The van der Waals surface area contributed by atoms with Crippen LogP contribution in [0.25, 0.3) is 0 Å². The molecule has 17 heavy (non-hydrogen) atoms. The van der Waals surface area contributed by atoms with Gasteiger partial charge < -0.3 is 20.0 Å². The Morgan fingerprint density at radius 2 is 1.88 bits per heavy atom. The summed E-state index contributed by atoms with van der Waals surface area (Å²) in [7, 11) is 0. The molecule has 5 heteroatoms. The number of carbonyl (C=O) groups is 2. The fourth-order valence-electron chi connectivity index (χ4n) is 1.23. The van der Waals surface area contributed by atoms with Crippen molar-refractivity contribution in [3.05, 3.63) is 0 Å². The molecule has 0 heterocycles. The van der Waals surface area contributed by atoms with E-state index in [1.807, 2.05) is 13.8 Å². The Kier molecular flexibility index (Phi) is 5.99. The van der Waals surface area contributed by atoms with Crippen LogP contribution in [0.15, 0.2) is 0 Å². The zero-order valence-corrected chi connectivity index (χ0v) is 11.2. The maximum absolute atomic E-state index is 11.4. The molecule has 1 N–H and O–H groups in total. The van der Waals surface area contributed by atoms with Gasteiger partial charge in [0.05, 0.1) is 12.0 Å². The molecule has 0 saturated heterocycles. The van der Waals surface area contributed by atoms with Crippen molar-refractivity contribution >= 4 is 12.1 Å². The Morgan fingerprint density at radius 1 is 1.35 bits per heavy atom. The van der Waals surface area contributed by atoms with Gasteiger partial charge in [-0.05, 0) is 33.1 Å². The Morgan fingerprint density at radius 3 is 2.24 bits per heavy atom. The molecular formula is C12H22NO4-. The highest BCUT2D eigenvalue weighted by Gasteiger charge is 2.21. The number of amides is 1. The second-order valence-electron chi connectivity index (χ2n) is 5.27. The molecule has 0 bridgehead atoms. The first-order chi connectivity index (χ1) is 7.65. The number of alkyl carbamates (subject to hydrolysis) is 1. The molecule has 0 aromatic carbocycles. The number of hydrogen-bond donors (Lipinski definition) is 1. The Balaban J connectivity index is 4.35. The second kappa shape index (κ2) is 6.47. The highest BCUT2D eigenvalue weighted by molar-refractivity contribution is 5.78. The maximum atomic E-state index is 11.4. The molecule has 5 nitrogen and oxygen atoms in total. The molecule has 0 rings (SSSR count). The molecule has 0 radical (unpaired) electrons. The van der Waals surface area contributed by atoms with Crippen LogP contribution in [-0.2, 0) is 9.53 Å². The van der Waals surface area contributed by atoms with E-state index in [-0.39, 0.29) is 5.92 Å². The Bertz CT molecular complexity index is 270. The van der Waals surface area contributed by atoms with E-state index in [9.17, 15) is 14.7 Å². The molecule has 0 aliphatic rings. The number of ether oxygens (including phenoxy) is 1. The van der Waals surface area contributed by atoms with Gasteiger partial charge in [0.1, 0.15) is 5.60 Å². The van der Waals surface area contributed by atoms with E-state index in [0.29, 0.717) is 6.42 Å². The maximum Gasteiger partial charge on any atom is 0.408 e. The molecular weight excluding hydrogens is 222 g/mol. The molecule has 1 unspecified atom stereocenters. The predicted octanol–water partition coefficient (Wildman–Crippen LogP) is 1.07. The van der Waals surface area contributed by atoms with Gasteiger partial charge in [0, 0.05) is 0 Å². The van der Waals surface area contributed by atoms with Gasteiger partial charge in [0.2, 0.25) is 0 Å². The van der Waals surface area contributed by atoms with Crippen LogP contribution in [0.1, 0.15) is 47.5 Å². The topological polar surface area (TPSA) is 78.5 Å². The summed E-state index contributed by atoms with van der Waals surface area (Å²) in [4.78, 5) is 22.3. The lowest BCUT2D eigenvalue weighted by molar-refractivity contribution is -0.308. The van der Waals surface area contributed by atoms with E-state index < -0.39 is 23.7 Å². The summed E-state index contributed by atoms with van der Waals surface area (Å²) in [5.74, 6) is -1.08. The summed E-state index contributed by atoms with van der Waals surface area (Å²) in [6.07, 6.45) is 0.465. The lowest BCUT2D eigenvalue weighted by Gasteiger charge is -2.25. The van der Waals surface area contributed by atoms with Crippen LogP contribution < -0.4 is 10.4 Å². The average molecular weight is 244 g/mol. The standard InChI is InChI=1S/C12H23NO4/c1-6-8(2)7-9(10(14)15)13-11(16)17-12(3,4)5/h8-9H,6-7H2,1-5H3,(H,13,16)(H,14,15)/p-1/t8?,9-/m0/s1. The van der Waals surface area contributed by atoms with Crippen molar-refractivity contribution in [2.75, 3.05) is 0 Å². The van der Waals surface area contributed by atoms with Crippen LogP contribution in [0.3, 0.4) is 0 Å². The minimum atomic E-state index is -1.28.